The van der Waals surface area contributed by atoms with Crippen LogP contribution in [-0.2, 0) is 22.4 Å². The number of nitrogens with one attached hydrogen (secondary N) is 1. The van der Waals surface area contributed by atoms with Gasteiger partial charge in [-0.25, -0.2) is 5.84 Å². The number of halogens is 1. The number of rotatable bonds is 7. The number of carbonyl (C=O) groups excluding carboxylic acids is 2. The average molecular weight is 363 g/mol. The minimum Gasteiger partial charge on any atom is -0.326 e. The van der Waals surface area contributed by atoms with Gasteiger partial charge in [-0.05, 0) is 41.7 Å². The van der Waals surface area contributed by atoms with E-state index in [2.05, 4.69) is 5.32 Å². The first kappa shape index (κ1) is 20.6. The topological polar surface area (TPSA) is 101 Å². The minimum absolute atomic E-state index is 0. The molecule has 134 valence electrons. The van der Waals surface area contributed by atoms with Gasteiger partial charge in [-0.1, -0.05) is 36.4 Å². The third-order valence-electron chi connectivity index (χ3n) is 3.74. The average Bonchev–Trinajstić information content (AvgIpc) is 2.60. The predicted octanol–water partition coefficient (Wildman–Crippen LogP) is 2.14. The highest BCUT2D eigenvalue weighted by Crippen LogP contribution is 2.15. The number of hydrazine groups is 1. The molecule has 0 saturated heterocycles. The van der Waals surface area contributed by atoms with E-state index in [1.54, 1.807) is 0 Å². The van der Waals surface area contributed by atoms with Crippen molar-refractivity contribution in [3.05, 3.63) is 65.2 Å². The molecule has 0 aliphatic carbocycles. The number of amides is 2. The van der Waals surface area contributed by atoms with E-state index in [1.807, 2.05) is 48.5 Å². The number of nitrogens with two attached hydrogens (primary N) is 2. The monoisotopic (exact) mass is 362 g/mol. The fourth-order valence-corrected chi connectivity index (χ4v) is 2.37. The molecule has 0 bridgehead atoms. The van der Waals surface area contributed by atoms with Gasteiger partial charge in [0.2, 0.25) is 12.3 Å². The van der Waals surface area contributed by atoms with Crippen LogP contribution in [0.4, 0.5) is 5.69 Å². The molecule has 0 fully saturated rings. The van der Waals surface area contributed by atoms with E-state index in [0.717, 1.165) is 29.1 Å². The third-order valence-corrected chi connectivity index (χ3v) is 3.74. The standard InChI is InChI=1S/C18H22N4O2.ClH/c1-13(24)21-17-10-6-15(7-11-17)3-2-14-4-8-16(9-5-14)18(19)22(20)12-23;/h4-12,18H,2-3,19-20H2,1H3,(H,21,24);1H. The number of hydrogen-bond donors (Lipinski definition) is 3. The van der Waals surface area contributed by atoms with Crippen LogP contribution in [0.25, 0.3) is 0 Å². The Hall–Kier alpha value is -2.41. The number of carbonyl (C=O) groups is 2. The Morgan fingerprint density at radius 2 is 1.56 bits per heavy atom. The van der Waals surface area contributed by atoms with E-state index >= 15 is 0 Å². The maximum absolute atomic E-state index is 11.0. The molecule has 5 N–H and O–H groups in total. The lowest BCUT2D eigenvalue weighted by molar-refractivity contribution is -0.120. The van der Waals surface area contributed by atoms with Crippen molar-refractivity contribution in [2.24, 2.45) is 11.6 Å². The molecular weight excluding hydrogens is 340 g/mol. The summed E-state index contributed by atoms with van der Waals surface area (Å²) in [4.78, 5) is 21.6. The molecule has 6 nitrogen and oxygen atoms in total. The number of hydrogen-bond acceptors (Lipinski definition) is 4. The van der Waals surface area contributed by atoms with Crippen LogP contribution in [-0.4, -0.2) is 17.3 Å². The van der Waals surface area contributed by atoms with Gasteiger partial charge in [-0.2, -0.15) is 0 Å². The molecule has 2 aromatic rings. The van der Waals surface area contributed by atoms with E-state index in [0.29, 0.717) is 6.41 Å². The summed E-state index contributed by atoms with van der Waals surface area (Å²) in [5.41, 5.74) is 9.80. The summed E-state index contributed by atoms with van der Waals surface area (Å²) in [5.74, 6) is 5.40. The lowest BCUT2D eigenvalue weighted by Crippen LogP contribution is -2.38. The molecule has 7 heteroatoms. The second-order valence-electron chi connectivity index (χ2n) is 5.62. The summed E-state index contributed by atoms with van der Waals surface area (Å²) in [5, 5.41) is 3.68. The smallest absolute Gasteiger partial charge is 0.225 e. The van der Waals surface area contributed by atoms with Gasteiger partial charge >= 0.3 is 0 Å². The lowest BCUT2D eigenvalue weighted by Gasteiger charge is -2.19. The Morgan fingerprint density at radius 1 is 1.08 bits per heavy atom. The molecule has 0 aliphatic rings. The Kier molecular flexibility index (Phi) is 8.07. The van der Waals surface area contributed by atoms with Crippen molar-refractivity contribution in [3.63, 3.8) is 0 Å². The fraction of sp³-hybridized carbons (Fsp3) is 0.222. The number of nitrogens with zero attached hydrogens (tertiary/aromatic N) is 1. The van der Waals surface area contributed by atoms with Gasteiger partial charge < -0.3 is 11.1 Å². The second kappa shape index (κ2) is 9.78. The summed E-state index contributed by atoms with van der Waals surface area (Å²) in [7, 11) is 0. The highest BCUT2D eigenvalue weighted by Gasteiger charge is 2.10. The van der Waals surface area contributed by atoms with Gasteiger partial charge in [0.05, 0.1) is 0 Å². The molecule has 0 aromatic heterocycles. The molecule has 2 amide bonds. The van der Waals surface area contributed by atoms with Crippen molar-refractivity contribution in [3.8, 4) is 0 Å². The van der Waals surface area contributed by atoms with Crippen molar-refractivity contribution in [1.82, 2.24) is 5.01 Å². The Balaban J connectivity index is 0.00000312. The molecule has 1 atom stereocenters. The zero-order valence-electron chi connectivity index (χ0n) is 14.0. The van der Waals surface area contributed by atoms with Crippen molar-refractivity contribution in [2.75, 3.05) is 5.32 Å². The lowest BCUT2D eigenvalue weighted by atomic mass is 10.0. The van der Waals surface area contributed by atoms with Gasteiger partial charge in [0.15, 0.2) is 0 Å². The Labute approximate surface area is 153 Å². The number of aryl methyl sites for hydroxylation is 2. The van der Waals surface area contributed by atoms with E-state index in [-0.39, 0.29) is 18.3 Å². The maximum atomic E-state index is 11.0. The van der Waals surface area contributed by atoms with Crippen LogP contribution in [0.2, 0.25) is 0 Å². The minimum atomic E-state index is -0.641. The van der Waals surface area contributed by atoms with Crippen LogP contribution in [0.1, 0.15) is 29.8 Å². The molecule has 0 saturated carbocycles. The maximum Gasteiger partial charge on any atom is 0.225 e. The zero-order valence-corrected chi connectivity index (χ0v) is 14.8. The van der Waals surface area contributed by atoms with Crippen molar-refractivity contribution in [2.45, 2.75) is 25.9 Å². The van der Waals surface area contributed by atoms with Crippen LogP contribution in [0, 0.1) is 0 Å². The summed E-state index contributed by atoms with van der Waals surface area (Å²) >= 11 is 0. The first-order valence-corrected chi connectivity index (χ1v) is 7.69. The van der Waals surface area contributed by atoms with Crippen LogP contribution >= 0.6 is 12.4 Å². The van der Waals surface area contributed by atoms with Gasteiger partial charge in [0.1, 0.15) is 6.17 Å². The van der Waals surface area contributed by atoms with Crippen molar-refractivity contribution < 1.29 is 9.59 Å². The van der Waals surface area contributed by atoms with Crippen molar-refractivity contribution >= 4 is 30.4 Å². The molecule has 1 unspecified atom stereocenters. The van der Waals surface area contributed by atoms with Crippen LogP contribution in [0.15, 0.2) is 48.5 Å². The highest BCUT2D eigenvalue weighted by molar-refractivity contribution is 5.88. The molecule has 0 heterocycles. The summed E-state index contributed by atoms with van der Waals surface area (Å²) in [6, 6.07) is 15.5. The Bertz CT molecular complexity index is 689. The zero-order chi connectivity index (χ0) is 17.5. The number of anilines is 1. The third kappa shape index (κ3) is 6.19. The molecule has 2 rings (SSSR count). The first-order chi connectivity index (χ1) is 11.5. The normalized spacial score (nSPS) is 11.2. The highest BCUT2D eigenvalue weighted by atomic mass is 35.5. The second-order valence-corrected chi connectivity index (χ2v) is 5.62. The Morgan fingerprint density at radius 3 is 2.00 bits per heavy atom. The van der Waals surface area contributed by atoms with Crippen LogP contribution in [0.3, 0.4) is 0 Å². The molecule has 2 aromatic carbocycles. The van der Waals surface area contributed by atoms with E-state index in [1.165, 1.54) is 18.1 Å². The molecule has 25 heavy (non-hydrogen) atoms. The summed E-state index contributed by atoms with van der Waals surface area (Å²) in [6.07, 6.45) is 1.64. The van der Waals surface area contributed by atoms with Gasteiger partial charge in [0.25, 0.3) is 0 Å². The number of benzene rings is 2. The molecule has 0 aliphatic heterocycles. The molecule has 0 radical (unpaired) electrons. The largest absolute Gasteiger partial charge is 0.326 e. The van der Waals surface area contributed by atoms with Gasteiger partial charge in [0, 0.05) is 12.6 Å². The van der Waals surface area contributed by atoms with E-state index in [4.69, 9.17) is 11.6 Å². The first-order valence-electron chi connectivity index (χ1n) is 7.69. The molecule has 0 spiro atoms. The molecular formula is C18H23ClN4O2. The summed E-state index contributed by atoms with van der Waals surface area (Å²) in [6.45, 7) is 1.49. The van der Waals surface area contributed by atoms with Gasteiger partial charge in [-0.3, -0.25) is 14.6 Å². The fourth-order valence-electron chi connectivity index (χ4n) is 2.37. The predicted molar refractivity (Wildman–Crippen MR) is 101 cm³/mol. The van der Waals surface area contributed by atoms with Crippen molar-refractivity contribution in [1.29, 1.82) is 0 Å². The van der Waals surface area contributed by atoms with Crippen LogP contribution < -0.4 is 16.9 Å². The van der Waals surface area contributed by atoms with E-state index < -0.39 is 6.17 Å². The quantitative estimate of drug-likeness (QED) is 0.231. The van der Waals surface area contributed by atoms with Crippen LogP contribution in [0.5, 0.6) is 0 Å². The van der Waals surface area contributed by atoms with E-state index in [9.17, 15) is 9.59 Å². The SMILES string of the molecule is CC(=O)Nc1ccc(CCc2ccc(C(N)N(N)C=O)cc2)cc1.Cl. The summed E-state index contributed by atoms with van der Waals surface area (Å²) < 4.78 is 0. The van der Waals surface area contributed by atoms with Gasteiger partial charge in [-0.15, -0.1) is 12.4 Å².